The first-order valence-corrected chi connectivity index (χ1v) is 10.4. The maximum absolute atomic E-state index is 13.0. The zero-order valence-electron chi connectivity index (χ0n) is 16.4. The zero-order valence-corrected chi connectivity index (χ0v) is 17.1. The molecule has 2 aromatic carbocycles. The Hall–Kier alpha value is -3.13. The van der Waals surface area contributed by atoms with Gasteiger partial charge in [0, 0.05) is 52.9 Å². The Morgan fingerprint density at radius 2 is 2.00 bits per heavy atom. The molecular formula is C22H19ClF2N4O2. The molecule has 9 heteroatoms. The standard InChI is InChI=1S/C22H19ClF2N4O2/c23-22(24,25)31-17-5-1-15(2-6-17)27-21(30)14-11-13-8-10-29(16-3-4-16)20(13)18(12-14)19-7-9-26-28-19/h1-2,5-7,9,11-12,16H,3-4,8,10H2,(H,26,28)(H,27,30). The quantitative estimate of drug-likeness (QED) is 0.524. The van der Waals surface area contributed by atoms with Crippen molar-refractivity contribution in [3.63, 3.8) is 0 Å². The van der Waals surface area contributed by atoms with Crippen LogP contribution in [0, 0.1) is 0 Å². The smallest absolute Gasteiger partial charge is 0.420 e. The summed E-state index contributed by atoms with van der Waals surface area (Å²) in [5, 5.41) is 9.88. The maximum Gasteiger partial charge on any atom is 0.487 e. The van der Waals surface area contributed by atoms with E-state index in [9.17, 15) is 13.6 Å². The van der Waals surface area contributed by atoms with Crippen LogP contribution in [0.4, 0.5) is 20.2 Å². The predicted octanol–water partition coefficient (Wildman–Crippen LogP) is 5.02. The van der Waals surface area contributed by atoms with Crippen molar-refractivity contribution in [3.8, 4) is 17.0 Å². The summed E-state index contributed by atoms with van der Waals surface area (Å²) in [6.45, 7) is 0.943. The molecular weight excluding hydrogens is 426 g/mol. The summed E-state index contributed by atoms with van der Waals surface area (Å²) in [6, 6.07) is 11.9. The number of alkyl halides is 3. The number of fused-ring (bicyclic) bond motifs is 1. The lowest BCUT2D eigenvalue weighted by atomic mass is 9.99. The molecule has 2 N–H and O–H groups in total. The van der Waals surface area contributed by atoms with Crippen molar-refractivity contribution in [2.75, 3.05) is 16.8 Å². The second-order valence-electron chi connectivity index (χ2n) is 7.70. The van der Waals surface area contributed by atoms with E-state index in [-0.39, 0.29) is 11.7 Å². The number of hydrogen-bond donors (Lipinski definition) is 2. The Balaban J connectivity index is 1.41. The van der Waals surface area contributed by atoms with Crippen molar-refractivity contribution >= 4 is 28.9 Å². The summed E-state index contributed by atoms with van der Waals surface area (Å²) < 4.78 is 29.8. The average molecular weight is 445 g/mol. The molecule has 5 rings (SSSR count). The minimum atomic E-state index is -3.79. The lowest BCUT2D eigenvalue weighted by molar-refractivity contribution is -0.0964. The van der Waals surface area contributed by atoms with E-state index in [1.807, 2.05) is 18.2 Å². The largest absolute Gasteiger partial charge is 0.487 e. The van der Waals surface area contributed by atoms with Crippen molar-refractivity contribution in [1.29, 1.82) is 0 Å². The van der Waals surface area contributed by atoms with Crippen LogP contribution in [0.25, 0.3) is 11.3 Å². The zero-order chi connectivity index (χ0) is 21.6. The minimum Gasteiger partial charge on any atom is -0.420 e. The van der Waals surface area contributed by atoms with Gasteiger partial charge in [-0.15, -0.1) is 8.78 Å². The highest BCUT2D eigenvalue weighted by molar-refractivity contribution is 6.20. The summed E-state index contributed by atoms with van der Waals surface area (Å²) in [7, 11) is 0. The molecule has 160 valence electrons. The van der Waals surface area contributed by atoms with Gasteiger partial charge in [-0.05, 0) is 67.3 Å². The normalized spacial score (nSPS) is 15.6. The van der Waals surface area contributed by atoms with Crippen molar-refractivity contribution in [1.82, 2.24) is 10.2 Å². The molecule has 1 amide bonds. The number of nitrogens with zero attached hydrogens (tertiary/aromatic N) is 2. The lowest BCUT2D eigenvalue weighted by Crippen LogP contribution is -2.23. The van der Waals surface area contributed by atoms with Gasteiger partial charge in [-0.2, -0.15) is 5.10 Å². The number of anilines is 2. The molecule has 1 aromatic heterocycles. The van der Waals surface area contributed by atoms with E-state index >= 15 is 0 Å². The third-order valence-corrected chi connectivity index (χ3v) is 5.56. The van der Waals surface area contributed by atoms with Gasteiger partial charge in [0.2, 0.25) is 0 Å². The first-order valence-electron chi connectivity index (χ1n) is 9.98. The third kappa shape index (κ3) is 4.20. The van der Waals surface area contributed by atoms with E-state index in [1.165, 1.54) is 42.8 Å². The van der Waals surface area contributed by atoms with Crippen molar-refractivity contribution in [3.05, 3.63) is 59.8 Å². The summed E-state index contributed by atoms with van der Waals surface area (Å²) >= 11 is 4.77. The lowest BCUT2D eigenvalue weighted by Gasteiger charge is -2.22. The Kier molecular flexibility index (Phi) is 4.81. The molecule has 0 atom stereocenters. The van der Waals surface area contributed by atoms with E-state index in [0.29, 0.717) is 17.3 Å². The van der Waals surface area contributed by atoms with Crippen LogP contribution in [0.15, 0.2) is 48.7 Å². The fourth-order valence-electron chi connectivity index (χ4n) is 4.01. The molecule has 3 aromatic rings. The molecule has 0 saturated heterocycles. The van der Waals surface area contributed by atoms with Crippen LogP contribution in [0.1, 0.15) is 28.8 Å². The molecule has 0 unspecified atom stereocenters. The summed E-state index contributed by atoms with van der Waals surface area (Å²) in [5.41, 5.74) is 1.32. The first-order chi connectivity index (χ1) is 14.9. The summed E-state index contributed by atoms with van der Waals surface area (Å²) in [6.07, 6.45) is 4.96. The Morgan fingerprint density at radius 3 is 2.65 bits per heavy atom. The number of H-pyrrole nitrogens is 1. The number of rotatable bonds is 6. The average Bonchev–Trinajstić information content (AvgIpc) is 3.24. The number of halogens is 3. The van der Waals surface area contributed by atoms with Crippen LogP contribution < -0.4 is 15.0 Å². The van der Waals surface area contributed by atoms with Crippen LogP contribution in [0.5, 0.6) is 5.75 Å². The second kappa shape index (κ2) is 7.53. The van der Waals surface area contributed by atoms with Gasteiger partial charge < -0.3 is 15.0 Å². The van der Waals surface area contributed by atoms with E-state index in [2.05, 4.69) is 25.2 Å². The summed E-state index contributed by atoms with van der Waals surface area (Å²) in [4.78, 5) is 15.4. The molecule has 1 aliphatic heterocycles. The summed E-state index contributed by atoms with van der Waals surface area (Å²) in [5.74, 6) is -0.387. The number of nitrogens with one attached hydrogen (secondary N) is 2. The van der Waals surface area contributed by atoms with Crippen LogP contribution >= 0.6 is 11.6 Å². The molecule has 0 bridgehead atoms. The molecule has 31 heavy (non-hydrogen) atoms. The number of carbonyl (C=O) groups is 1. The van der Waals surface area contributed by atoms with E-state index < -0.39 is 5.57 Å². The number of carbonyl (C=O) groups excluding carboxylic acids is 1. The minimum absolute atomic E-state index is 0.0998. The Labute approximate surface area is 182 Å². The van der Waals surface area contributed by atoms with Crippen molar-refractivity contribution in [2.45, 2.75) is 30.9 Å². The highest BCUT2D eigenvalue weighted by atomic mass is 35.5. The van der Waals surface area contributed by atoms with Crippen LogP contribution in [-0.4, -0.2) is 34.3 Å². The number of aromatic nitrogens is 2. The van der Waals surface area contributed by atoms with Gasteiger partial charge in [0.15, 0.2) is 0 Å². The first kappa shape index (κ1) is 19.8. The monoisotopic (exact) mass is 444 g/mol. The molecule has 0 radical (unpaired) electrons. The second-order valence-corrected chi connectivity index (χ2v) is 8.14. The Morgan fingerprint density at radius 1 is 1.23 bits per heavy atom. The molecule has 1 fully saturated rings. The van der Waals surface area contributed by atoms with E-state index in [0.717, 1.165) is 29.8 Å². The number of hydrogen-bond acceptors (Lipinski definition) is 4. The SMILES string of the molecule is O=C(Nc1ccc(OC(F)(F)Cl)cc1)c1cc2c(c(-c3ccn[nH]3)c1)N(C1CC1)CC2. The van der Waals surface area contributed by atoms with Gasteiger partial charge in [-0.3, -0.25) is 9.89 Å². The van der Waals surface area contributed by atoms with Crippen LogP contribution in [0.2, 0.25) is 0 Å². The number of amides is 1. The number of benzene rings is 2. The van der Waals surface area contributed by atoms with E-state index in [1.54, 1.807) is 6.20 Å². The van der Waals surface area contributed by atoms with Crippen LogP contribution in [0.3, 0.4) is 0 Å². The third-order valence-electron chi connectivity index (χ3n) is 5.48. The van der Waals surface area contributed by atoms with Gasteiger partial charge in [-0.25, -0.2) is 0 Å². The molecule has 6 nitrogen and oxygen atoms in total. The maximum atomic E-state index is 13.0. The molecule has 2 heterocycles. The van der Waals surface area contributed by atoms with Gasteiger partial charge in [0.25, 0.3) is 5.91 Å². The molecule has 0 spiro atoms. The van der Waals surface area contributed by atoms with Gasteiger partial charge in [-0.1, -0.05) is 0 Å². The van der Waals surface area contributed by atoms with Crippen molar-refractivity contribution in [2.24, 2.45) is 0 Å². The van der Waals surface area contributed by atoms with Gasteiger partial charge in [0.05, 0.1) is 5.69 Å². The topological polar surface area (TPSA) is 70.2 Å². The fourth-order valence-corrected chi connectivity index (χ4v) is 4.10. The fraction of sp³-hybridized carbons (Fsp3) is 0.273. The molecule has 1 aliphatic carbocycles. The van der Waals surface area contributed by atoms with Gasteiger partial charge in [0.1, 0.15) is 5.75 Å². The van der Waals surface area contributed by atoms with E-state index in [4.69, 9.17) is 11.6 Å². The van der Waals surface area contributed by atoms with Crippen LogP contribution in [-0.2, 0) is 6.42 Å². The number of ether oxygens (including phenoxy) is 1. The molecule has 1 saturated carbocycles. The highest BCUT2D eigenvalue weighted by Gasteiger charge is 2.36. The van der Waals surface area contributed by atoms with Crippen molar-refractivity contribution < 1.29 is 18.3 Å². The number of aromatic amines is 1. The highest BCUT2D eigenvalue weighted by Crippen LogP contribution is 2.44. The predicted molar refractivity (Wildman–Crippen MR) is 114 cm³/mol. The van der Waals surface area contributed by atoms with Gasteiger partial charge >= 0.3 is 5.57 Å². The Bertz CT molecular complexity index is 1110. The molecule has 2 aliphatic rings.